The zero-order valence-corrected chi connectivity index (χ0v) is 17.6. The van der Waals surface area contributed by atoms with E-state index in [4.69, 9.17) is 4.74 Å². The number of morpholine rings is 1. The molecule has 3 heterocycles. The number of hydrogen-bond donors (Lipinski definition) is 1. The number of carbonyl (C=O) groups excluding carboxylic acids is 2. The van der Waals surface area contributed by atoms with Crippen molar-refractivity contribution in [2.45, 2.75) is 43.9 Å². The number of rotatable bonds is 5. The smallest absolute Gasteiger partial charge is 0.239 e. The maximum absolute atomic E-state index is 13.2. The molecule has 8 heteroatoms. The number of benzene rings is 1. The van der Waals surface area contributed by atoms with E-state index in [9.17, 15) is 14.0 Å². The summed E-state index contributed by atoms with van der Waals surface area (Å²) in [5.74, 6) is -0.0314. The molecule has 3 fully saturated rings. The number of likely N-dealkylation sites (tertiary alicyclic amines) is 1. The average Bonchev–Trinajstić information content (AvgIpc) is 3.13. The Morgan fingerprint density at radius 2 is 1.93 bits per heavy atom. The van der Waals surface area contributed by atoms with E-state index < -0.39 is 0 Å². The van der Waals surface area contributed by atoms with Crippen molar-refractivity contribution in [1.82, 2.24) is 20.0 Å². The molecule has 1 aromatic carbocycles. The van der Waals surface area contributed by atoms with E-state index in [2.05, 4.69) is 22.2 Å². The van der Waals surface area contributed by atoms with Crippen LogP contribution in [0.4, 0.5) is 4.39 Å². The second-order valence-corrected chi connectivity index (χ2v) is 8.49. The maximum Gasteiger partial charge on any atom is 0.239 e. The third-order valence-electron chi connectivity index (χ3n) is 6.70. The Morgan fingerprint density at radius 3 is 2.67 bits per heavy atom. The Balaban J connectivity index is 1.37. The Bertz CT molecular complexity index is 753. The van der Waals surface area contributed by atoms with Gasteiger partial charge in [0.2, 0.25) is 11.8 Å². The van der Waals surface area contributed by atoms with Crippen LogP contribution in [0.1, 0.15) is 24.8 Å². The summed E-state index contributed by atoms with van der Waals surface area (Å²) in [4.78, 5) is 31.8. The summed E-state index contributed by atoms with van der Waals surface area (Å²) in [6.45, 7) is 4.56. The summed E-state index contributed by atoms with van der Waals surface area (Å²) < 4.78 is 18.5. The summed E-state index contributed by atoms with van der Waals surface area (Å²) in [7, 11) is 2.07. The molecule has 7 nitrogen and oxygen atoms in total. The number of nitrogens with one attached hydrogen (secondary N) is 1. The lowest BCUT2D eigenvalue weighted by Gasteiger charge is -2.33. The van der Waals surface area contributed by atoms with Gasteiger partial charge in [0.1, 0.15) is 11.9 Å². The zero-order valence-electron chi connectivity index (χ0n) is 17.6. The fourth-order valence-electron chi connectivity index (χ4n) is 4.91. The first kappa shape index (κ1) is 21.2. The Kier molecular flexibility index (Phi) is 6.65. The van der Waals surface area contributed by atoms with Crippen LogP contribution < -0.4 is 5.32 Å². The number of fused-ring (bicyclic) bond motifs is 1. The highest BCUT2D eigenvalue weighted by atomic mass is 19.1. The van der Waals surface area contributed by atoms with E-state index in [1.54, 1.807) is 12.1 Å². The van der Waals surface area contributed by atoms with Crippen molar-refractivity contribution in [1.29, 1.82) is 0 Å². The minimum atomic E-state index is -0.251. The molecule has 1 N–H and O–H groups in total. The van der Waals surface area contributed by atoms with Crippen LogP contribution in [0, 0.1) is 5.82 Å². The number of amides is 2. The lowest BCUT2D eigenvalue weighted by Crippen LogP contribution is -2.49. The van der Waals surface area contributed by atoms with Gasteiger partial charge in [-0.2, -0.15) is 0 Å². The molecule has 0 spiro atoms. The summed E-state index contributed by atoms with van der Waals surface area (Å²) in [5.41, 5.74) is 1.00. The lowest BCUT2D eigenvalue weighted by molar-refractivity contribution is -0.135. The molecule has 30 heavy (non-hydrogen) atoms. The van der Waals surface area contributed by atoms with Gasteiger partial charge < -0.3 is 15.0 Å². The first-order chi connectivity index (χ1) is 14.5. The molecule has 0 aliphatic carbocycles. The highest BCUT2D eigenvalue weighted by Crippen LogP contribution is 2.28. The molecule has 0 bridgehead atoms. The number of ether oxygens (including phenoxy) is 1. The van der Waals surface area contributed by atoms with Crippen molar-refractivity contribution in [3.8, 4) is 0 Å². The first-order valence-corrected chi connectivity index (χ1v) is 10.9. The highest BCUT2D eigenvalue weighted by Gasteiger charge is 2.44. The van der Waals surface area contributed by atoms with E-state index in [1.165, 1.54) is 12.1 Å². The van der Waals surface area contributed by atoms with E-state index in [0.717, 1.165) is 24.9 Å². The Hall–Kier alpha value is -2.03. The molecule has 164 valence electrons. The van der Waals surface area contributed by atoms with Gasteiger partial charge in [-0.3, -0.25) is 19.4 Å². The summed E-state index contributed by atoms with van der Waals surface area (Å²) in [6.07, 6.45) is 2.12. The topological polar surface area (TPSA) is 65.1 Å². The molecule has 0 aromatic heterocycles. The fraction of sp³-hybridized carbons (Fsp3) is 0.636. The van der Waals surface area contributed by atoms with Gasteiger partial charge in [0.25, 0.3) is 0 Å². The molecule has 3 aliphatic heterocycles. The van der Waals surface area contributed by atoms with Crippen LogP contribution in [0.25, 0.3) is 0 Å². The molecule has 3 aliphatic rings. The quantitative estimate of drug-likeness (QED) is 0.768. The number of halogens is 1. The number of nitrogens with zero attached hydrogens (tertiary/aromatic N) is 3. The van der Waals surface area contributed by atoms with Gasteiger partial charge >= 0.3 is 0 Å². The van der Waals surface area contributed by atoms with Crippen LogP contribution in [0.5, 0.6) is 0 Å². The van der Waals surface area contributed by atoms with Crippen molar-refractivity contribution < 1.29 is 18.7 Å². The van der Waals surface area contributed by atoms with Crippen molar-refractivity contribution in [2.75, 3.05) is 46.4 Å². The summed E-state index contributed by atoms with van der Waals surface area (Å²) in [6, 6.07) is 6.52. The average molecular weight is 419 g/mol. The number of hydrogen-bond acceptors (Lipinski definition) is 5. The molecule has 3 saturated heterocycles. The summed E-state index contributed by atoms with van der Waals surface area (Å²) >= 11 is 0. The molecule has 2 amide bonds. The molecule has 3 atom stereocenters. The number of carbonyl (C=O) groups is 2. The lowest BCUT2D eigenvalue weighted by atomic mass is 10.0. The standard InChI is InChI=1S/C22H31FN4O3/c1-25-18(6-7-20(28)26-10-12-30-13-11-26)14-24-22(29)21-19(25)8-9-27(21)15-16-2-4-17(23)5-3-16/h2-5,18-19,21H,6-15H2,1H3,(H,24,29)/t18-,19+,21-/m0/s1. The van der Waals surface area contributed by atoms with Crippen molar-refractivity contribution >= 4 is 11.8 Å². The van der Waals surface area contributed by atoms with E-state index in [-0.39, 0.29) is 35.8 Å². The molecular formula is C22H31FN4O3. The van der Waals surface area contributed by atoms with Crippen LogP contribution in [0.2, 0.25) is 0 Å². The van der Waals surface area contributed by atoms with Crippen LogP contribution in [0.15, 0.2) is 24.3 Å². The van der Waals surface area contributed by atoms with Crippen molar-refractivity contribution in [3.05, 3.63) is 35.6 Å². The van der Waals surface area contributed by atoms with Crippen LogP contribution in [-0.2, 0) is 20.9 Å². The van der Waals surface area contributed by atoms with Gasteiger partial charge in [0.05, 0.1) is 13.2 Å². The minimum absolute atomic E-state index is 0.0495. The van der Waals surface area contributed by atoms with Gasteiger partial charge in [-0.1, -0.05) is 12.1 Å². The van der Waals surface area contributed by atoms with Crippen molar-refractivity contribution in [2.24, 2.45) is 0 Å². The molecule has 4 rings (SSSR count). The molecular weight excluding hydrogens is 387 g/mol. The molecule has 0 unspecified atom stereocenters. The third-order valence-corrected chi connectivity index (χ3v) is 6.70. The maximum atomic E-state index is 13.2. The molecule has 1 aromatic rings. The Morgan fingerprint density at radius 1 is 1.20 bits per heavy atom. The number of likely N-dealkylation sites (N-methyl/N-ethyl adjacent to an activating group) is 1. The Labute approximate surface area is 177 Å². The monoisotopic (exact) mass is 418 g/mol. The van der Waals surface area contributed by atoms with Gasteiger partial charge in [-0.25, -0.2) is 4.39 Å². The van der Waals surface area contributed by atoms with E-state index in [1.807, 2.05) is 4.90 Å². The van der Waals surface area contributed by atoms with Gasteiger partial charge in [0, 0.05) is 51.2 Å². The van der Waals surface area contributed by atoms with Gasteiger partial charge in [0.15, 0.2) is 0 Å². The van der Waals surface area contributed by atoms with Crippen LogP contribution >= 0.6 is 0 Å². The van der Waals surface area contributed by atoms with Crippen LogP contribution in [0.3, 0.4) is 0 Å². The SMILES string of the molecule is CN1[C@@H](CCC(=O)N2CCOCC2)CNC(=O)[C@@H]2[C@H]1CCN2Cc1ccc(F)cc1. The predicted molar refractivity (Wildman–Crippen MR) is 110 cm³/mol. The second-order valence-electron chi connectivity index (χ2n) is 8.49. The van der Waals surface area contributed by atoms with Gasteiger partial charge in [-0.05, 0) is 37.6 Å². The first-order valence-electron chi connectivity index (χ1n) is 10.9. The molecule has 0 radical (unpaired) electrons. The summed E-state index contributed by atoms with van der Waals surface area (Å²) in [5, 5.41) is 3.10. The normalized spacial score (nSPS) is 28.1. The predicted octanol–water partition coefficient (Wildman–Crippen LogP) is 0.838. The third kappa shape index (κ3) is 4.66. The second kappa shape index (κ2) is 9.41. The highest BCUT2D eigenvalue weighted by molar-refractivity contribution is 5.83. The largest absolute Gasteiger partial charge is 0.378 e. The molecule has 0 saturated carbocycles. The minimum Gasteiger partial charge on any atom is -0.378 e. The van der Waals surface area contributed by atoms with E-state index >= 15 is 0 Å². The van der Waals surface area contributed by atoms with Crippen LogP contribution in [-0.4, -0.2) is 91.1 Å². The van der Waals surface area contributed by atoms with Gasteiger partial charge in [-0.15, -0.1) is 0 Å². The fourth-order valence-corrected chi connectivity index (χ4v) is 4.91. The van der Waals surface area contributed by atoms with Crippen molar-refractivity contribution in [3.63, 3.8) is 0 Å². The zero-order chi connectivity index (χ0) is 21.1. The van der Waals surface area contributed by atoms with E-state index in [0.29, 0.717) is 45.8 Å².